The Balaban J connectivity index is 0.00000144. The summed E-state index contributed by atoms with van der Waals surface area (Å²) in [6.07, 6.45) is 1.39. The van der Waals surface area contributed by atoms with Crippen LogP contribution in [-0.4, -0.2) is 33.5 Å². The predicted molar refractivity (Wildman–Crippen MR) is 70.7 cm³/mol. The lowest BCUT2D eigenvalue weighted by atomic mass is 9.88. The number of hydrogen-bond donors (Lipinski definition) is 1. The highest BCUT2D eigenvalue weighted by molar-refractivity contribution is 8.00. The van der Waals surface area contributed by atoms with Gasteiger partial charge in [-0.05, 0) is 12.3 Å². The van der Waals surface area contributed by atoms with Gasteiger partial charge in [-0.1, -0.05) is 13.8 Å². The average molecular weight is 276 g/mol. The Morgan fingerprint density at radius 1 is 1.71 bits per heavy atom. The summed E-state index contributed by atoms with van der Waals surface area (Å²) in [6.45, 7) is 4.14. The van der Waals surface area contributed by atoms with E-state index in [0.717, 1.165) is 5.75 Å². The zero-order chi connectivity index (χ0) is 11.9. The molecule has 17 heavy (non-hydrogen) atoms. The van der Waals surface area contributed by atoms with Gasteiger partial charge in [-0.25, -0.2) is 0 Å². The van der Waals surface area contributed by atoms with Gasteiger partial charge in [0.1, 0.15) is 6.04 Å². The summed E-state index contributed by atoms with van der Waals surface area (Å²) in [5, 5.41) is 9.11. The minimum Gasteiger partial charge on any atom is -0.317 e. The van der Waals surface area contributed by atoms with Gasteiger partial charge in [-0.3, -0.25) is 4.79 Å². The number of thioether (sulfide) groups is 1. The van der Waals surface area contributed by atoms with Crippen molar-refractivity contribution in [1.29, 1.82) is 5.26 Å². The summed E-state index contributed by atoms with van der Waals surface area (Å²) in [4.78, 5) is 14.0. The third-order valence-electron chi connectivity index (χ3n) is 3.21. The SMILES string of the molecule is CC(C)C[C@@]1(N)C[C@@H]2SC[C@@H](C#N)N2C1=O.Cl. The Bertz CT molecular complexity index is 357. The number of fused-ring (bicyclic) bond motifs is 1. The van der Waals surface area contributed by atoms with Gasteiger partial charge in [0.25, 0.3) is 0 Å². The van der Waals surface area contributed by atoms with Gasteiger partial charge in [0, 0.05) is 12.2 Å². The van der Waals surface area contributed by atoms with E-state index in [1.165, 1.54) is 0 Å². The number of carbonyl (C=O) groups excluding carboxylic acids is 1. The topological polar surface area (TPSA) is 70.1 Å². The standard InChI is InChI=1S/C11H17N3OS.ClH/c1-7(2)3-11(13)4-9-14(10(11)15)8(5-12)6-16-9;/h7-9H,3-4,6,13H2,1-2H3;1H/t8-,9+,11-;/m1./s1. The number of hydrogen-bond acceptors (Lipinski definition) is 4. The summed E-state index contributed by atoms with van der Waals surface area (Å²) in [5.41, 5.74) is 5.46. The van der Waals surface area contributed by atoms with E-state index in [1.807, 2.05) is 0 Å². The molecule has 3 atom stereocenters. The van der Waals surface area contributed by atoms with E-state index >= 15 is 0 Å². The van der Waals surface area contributed by atoms with Crippen LogP contribution in [0.25, 0.3) is 0 Å². The fraction of sp³-hybridized carbons (Fsp3) is 0.818. The summed E-state index contributed by atoms with van der Waals surface area (Å²) in [7, 11) is 0. The van der Waals surface area contributed by atoms with E-state index in [9.17, 15) is 4.79 Å². The molecular weight excluding hydrogens is 258 g/mol. The maximum Gasteiger partial charge on any atom is 0.244 e. The normalized spacial score (nSPS) is 35.7. The summed E-state index contributed by atoms with van der Waals surface area (Å²) in [6, 6.07) is 1.91. The zero-order valence-corrected chi connectivity index (χ0v) is 11.7. The lowest BCUT2D eigenvalue weighted by molar-refractivity contribution is -0.133. The molecule has 2 N–H and O–H groups in total. The second-order valence-corrected chi connectivity index (χ2v) is 6.31. The van der Waals surface area contributed by atoms with Gasteiger partial charge >= 0.3 is 0 Å². The van der Waals surface area contributed by atoms with Crippen LogP contribution in [0, 0.1) is 17.2 Å². The molecule has 1 amide bonds. The Labute approximate surface area is 112 Å². The van der Waals surface area contributed by atoms with Gasteiger partial charge in [0.15, 0.2) is 0 Å². The van der Waals surface area contributed by atoms with Crippen LogP contribution in [0.15, 0.2) is 0 Å². The highest BCUT2D eigenvalue weighted by atomic mass is 35.5. The molecule has 0 unspecified atom stereocenters. The fourth-order valence-electron chi connectivity index (χ4n) is 2.65. The molecule has 0 aromatic rings. The average Bonchev–Trinajstić information content (AvgIpc) is 2.66. The maximum absolute atomic E-state index is 12.2. The first-order valence-electron chi connectivity index (χ1n) is 5.61. The third-order valence-corrected chi connectivity index (χ3v) is 4.50. The molecule has 4 nitrogen and oxygen atoms in total. The van der Waals surface area contributed by atoms with Crippen LogP contribution in [0.1, 0.15) is 26.7 Å². The first-order valence-corrected chi connectivity index (χ1v) is 6.65. The summed E-state index contributed by atoms with van der Waals surface area (Å²) >= 11 is 1.68. The van der Waals surface area contributed by atoms with E-state index < -0.39 is 5.54 Å². The van der Waals surface area contributed by atoms with Crippen LogP contribution in [0.2, 0.25) is 0 Å². The summed E-state index contributed by atoms with van der Waals surface area (Å²) < 4.78 is 0. The quantitative estimate of drug-likeness (QED) is 0.826. The lowest BCUT2D eigenvalue weighted by Crippen LogP contribution is -2.50. The van der Waals surface area contributed by atoms with Gasteiger partial charge in [0.05, 0.1) is 17.0 Å². The van der Waals surface area contributed by atoms with Crippen molar-refractivity contribution in [3.63, 3.8) is 0 Å². The van der Waals surface area contributed by atoms with Crippen molar-refractivity contribution in [2.24, 2.45) is 11.7 Å². The van der Waals surface area contributed by atoms with Gasteiger partial charge in [-0.2, -0.15) is 5.26 Å². The van der Waals surface area contributed by atoms with Gasteiger partial charge in [0.2, 0.25) is 5.91 Å². The van der Waals surface area contributed by atoms with Crippen LogP contribution in [0.3, 0.4) is 0 Å². The Morgan fingerprint density at radius 3 is 2.88 bits per heavy atom. The van der Waals surface area contributed by atoms with Crippen LogP contribution in [0.5, 0.6) is 0 Å². The minimum atomic E-state index is -0.735. The predicted octanol–water partition coefficient (Wildman–Crippen LogP) is 1.35. The second kappa shape index (κ2) is 5.05. The number of rotatable bonds is 2. The molecule has 2 rings (SSSR count). The number of nitrogens with zero attached hydrogens (tertiary/aromatic N) is 2. The number of nitriles is 1. The highest BCUT2D eigenvalue weighted by Crippen LogP contribution is 2.42. The lowest BCUT2D eigenvalue weighted by Gasteiger charge is -2.25. The molecule has 2 saturated heterocycles. The molecule has 6 heteroatoms. The van der Waals surface area contributed by atoms with Crippen LogP contribution in [0.4, 0.5) is 0 Å². The van der Waals surface area contributed by atoms with Crippen LogP contribution < -0.4 is 5.73 Å². The van der Waals surface area contributed by atoms with Crippen molar-refractivity contribution in [1.82, 2.24) is 4.90 Å². The number of nitrogens with two attached hydrogens (primary N) is 1. The monoisotopic (exact) mass is 275 g/mol. The van der Waals surface area contributed by atoms with E-state index in [1.54, 1.807) is 16.7 Å². The molecule has 0 radical (unpaired) electrons. The highest BCUT2D eigenvalue weighted by Gasteiger charge is 2.54. The third kappa shape index (κ3) is 2.40. The van der Waals surface area contributed by atoms with E-state index in [4.69, 9.17) is 11.0 Å². The summed E-state index contributed by atoms with van der Waals surface area (Å²) in [5.74, 6) is 1.10. The molecule has 0 spiro atoms. The molecular formula is C11H18ClN3OS. The largest absolute Gasteiger partial charge is 0.317 e. The molecule has 0 aliphatic carbocycles. The van der Waals surface area contributed by atoms with E-state index in [0.29, 0.717) is 18.8 Å². The molecule has 2 heterocycles. The van der Waals surface area contributed by atoms with Crippen molar-refractivity contribution < 1.29 is 4.79 Å². The Kier molecular flexibility index (Phi) is 4.34. The van der Waals surface area contributed by atoms with Crippen molar-refractivity contribution >= 4 is 30.1 Å². The van der Waals surface area contributed by atoms with Crippen molar-refractivity contribution in [3.8, 4) is 6.07 Å². The van der Waals surface area contributed by atoms with E-state index in [-0.39, 0.29) is 29.7 Å². The van der Waals surface area contributed by atoms with Crippen LogP contribution >= 0.6 is 24.2 Å². The van der Waals surface area contributed by atoms with Gasteiger partial charge < -0.3 is 10.6 Å². The molecule has 0 saturated carbocycles. The first kappa shape index (κ1) is 14.6. The molecule has 0 aromatic carbocycles. The smallest absolute Gasteiger partial charge is 0.244 e. The first-order chi connectivity index (χ1) is 7.48. The van der Waals surface area contributed by atoms with Crippen molar-refractivity contribution in [2.45, 2.75) is 43.6 Å². The molecule has 2 aliphatic rings. The Morgan fingerprint density at radius 2 is 2.35 bits per heavy atom. The number of carbonyl (C=O) groups is 1. The van der Waals surface area contributed by atoms with Crippen LogP contribution in [-0.2, 0) is 4.79 Å². The van der Waals surface area contributed by atoms with E-state index in [2.05, 4.69) is 19.9 Å². The number of amides is 1. The molecule has 2 fully saturated rings. The fourth-order valence-corrected chi connectivity index (χ4v) is 4.11. The molecule has 0 aromatic heterocycles. The molecule has 2 aliphatic heterocycles. The minimum absolute atomic E-state index is 0. The molecule has 96 valence electrons. The maximum atomic E-state index is 12.2. The van der Waals surface area contributed by atoms with Crippen molar-refractivity contribution in [2.75, 3.05) is 5.75 Å². The molecule has 0 bridgehead atoms. The van der Waals surface area contributed by atoms with Gasteiger partial charge in [-0.15, -0.1) is 24.2 Å². The Hall–Kier alpha value is -0.440. The van der Waals surface area contributed by atoms with Crippen molar-refractivity contribution in [3.05, 3.63) is 0 Å². The number of halogens is 1. The zero-order valence-electron chi connectivity index (χ0n) is 10.0. The second-order valence-electron chi connectivity index (χ2n) is 5.10.